The fourth-order valence-corrected chi connectivity index (χ4v) is 4.47. The zero-order valence-electron chi connectivity index (χ0n) is 20.2. The highest BCUT2D eigenvalue weighted by Gasteiger charge is 2.26. The van der Waals surface area contributed by atoms with Gasteiger partial charge in [-0.3, -0.25) is 0 Å². The van der Waals surface area contributed by atoms with E-state index in [0.717, 1.165) is 47.2 Å². The molecule has 0 saturated carbocycles. The molecule has 6 nitrogen and oxygen atoms in total. The van der Waals surface area contributed by atoms with Crippen molar-refractivity contribution >= 4 is 17.5 Å². The molecule has 1 aromatic heterocycles. The Morgan fingerprint density at radius 3 is 2.27 bits per heavy atom. The molecule has 0 aliphatic carbocycles. The van der Waals surface area contributed by atoms with E-state index in [2.05, 4.69) is 44.0 Å². The van der Waals surface area contributed by atoms with E-state index in [1.807, 2.05) is 54.3 Å². The number of benzene rings is 2. The largest absolute Gasteiger partial charge is 0.353 e. The number of hydrogen-bond acceptors (Lipinski definition) is 4. The third-order valence-electron chi connectivity index (χ3n) is 6.22. The molecule has 1 fully saturated rings. The Morgan fingerprint density at radius 2 is 1.64 bits per heavy atom. The smallest absolute Gasteiger partial charge is 0.321 e. The first kappa shape index (κ1) is 22.8. The summed E-state index contributed by atoms with van der Waals surface area (Å²) in [5, 5.41) is 3.07. The molecule has 1 aliphatic heterocycles. The second-order valence-electron chi connectivity index (χ2n) is 9.11. The molecule has 0 bridgehead atoms. The summed E-state index contributed by atoms with van der Waals surface area (Å²) in [6, 6.07) is 16.2. The molecular weight excluding hydrogens is 410 g/mol. The SMILES string of the molecule is Cc1ccc(NC(=O)N2CCN(c3nc(-c4ccccc4)nc(C)c3C(C)C)CC2)c(C)c1. The molecule has 172 valence electrons. The van der Waals surface area contributed by atoms with Crippen molar-refractivity contribution in [1.82, 2.24) is 14.9 Å². The van der Waals surface area contributed by atoms with Crippen LogP contribution in [0.25, 0.3) is 11.4 Å². The van der Waals surface area contributed by atoms with Crippen LogP contribution in [0.1, 0.15) is 42.1 Å². The summed E-state index contributed by atoms with van der Waals surface area (Å²) < 4.78 is 0. The number of nitrogens with one attached hydrogen (secondary N) is 1. The van der Waals surface area contributed by atoms with Crippen molar-refractivity contribution in [3.05, 3.63) is 70.9 Å². The van der Waals surface area contributed by atoms with Crippen LogP contribution >= 0.6 is 0 Å². The molecule has 2 amide bonds. The number of rotatable bonds is 4. The van der Waals surface area contributed by atoms with Crippen LogP contribution in [0.2, 0.25) is 0 Å². The van der Waals surface area contributed by atoms with Crippen LogP contribution in [0.4, 0.5) is 16.3 Å². The zero-order valence-corrected chi connectivity index (χ0v) is 20.2. The first-order chi connectivity index (χ1) is 15.8. The van der Waals surface area contributed by atoms with Gasteiger partial charge in [-0.2, -0.15) is 0 Å². The van der Waals surface area contributed by atoms with E-state index in [0.29, 0.717) is 19.0 Å². The molecular formula is C27H33N5O. The second-order valence-corrected chi connectivity index (χ2v) is 9.11. The number of amides is 2. The maximum Gasteiger partial charge on any atom is 0.321 e. The van der Waals surface area contributed by atoms with Gasteiger partial charge in [0.05, 0.1) is 0 Å². The predicted octanol–water partition coefficient (Wildman–Crippen LogP) is 5.55. The normalized spacial score (nSPS) is 14.0. The number of carbonyl (C=O) groups excluding carboxylic acids is 1. The number of carbonyl (C=O) groups is 1. The van der Waals surface area contributed by atoms with Crippen molar-refractivity contribution in [2.24, 2.45) is 0 Å². The first-order valence-electron chi connectivity index (χ1n) is 11.7. The fraction of sp³-hybridized carbons (Fsp3) is 0.370. The highest BCUT2D eigenvalue weighted by atomic mass is 16.2. The van der Waals surface area contributed by atoms with Crippen LogP contribution in [0.5, 0.6) is 0 Å². The molecule has 0 spiro atoms. The summed E-state index contributed by atoms with van der Waals surface area (Å²) in [6.07, 6.45) is 0. The minimum atomic E-state index is -0.0467. The third-order valence-corrected chi connectivity index (χ3v) is 6.22. The van der Waals surface area contributed by atoms with Gasteiger partial charge in [0, 0.05) is 48.7 Å². The number of urea groups is 1. The average Bonchev–Trinajstić information content (AvgIpc) is 2.80. The Hall–Kier alpha value is -3.41. The Labute approximate surface area is 196 Å². The number of nitrogens with zero attached hydrogens (tertiary/aromatic N) is 4. The standard InChI is InChI=1S/C27H33N5O/c1-18(2)24-21(5)28-25(22-9-7-6-8-10-22)30-26(24)31-13-15-32(16-14-31)27(33)29-23-12-11-19(3)17-20(23)4/h6-12,17-18H,13-16H2,1-5H3,(H,29,33). The molecule has 2 aromatic carbocycles. The quantitative estimate of drug-likeness (QED) is 0.575. The molecule has 1 N–H and O–H groups in total. The van der Waals surface area contributed by atoms with Crippen LogP contribution < -0.4 is 10.2 Å². The minimum absolute atomic E-state index is 0.0467. The highest BCUT2D eigenvalue weighted by Crippen LogP contribution is 2.31. The van der Waals surface area contributed by atoms with Crippen molar-refractivity contribution < 1.29 is 4.79 Å². The van der Waals surface area contributed by atoms with E-state index in [1.165, 1.54) is 11.1 Å². The highest BCUT2D eigenvalue weighted by molar-refractivity contribution is 5.90. The molecule has 0 unspecified atom stereocenters. The topological polar surface area (TPSA) is 61.4 Å². The summed E-state index contributed by atoms with van der Waals surface area (Å²) in [5.74, 6) is 2.06. The van der Waals surface area contributed by atoms with Crippen LogP contribution in [0.3, 0.4) is 0 Å². The minimum Gasteiger partial charge on any atom is -0.353 e. The monoisotopic (exact) mass is 443 g/mol. The Kier molecular flexibility index (Phi) is 6.63. The molecule has 4 rings (SSSR count). The first-order valence-corrected chi connectivity index (χ1v) is 11.7. The van der Waals surface area contributed by atoms with Crippen molar-refractivity contribution in [3.8, 4) is 11.4 Å². The van der Waals surface area contributed by atoms with Gasteiger partial charge in [0.25, 0.3) is 0 Å². The summed E-state index contributed by atoms with van der Waals surface area (Å²) in [6.45, 7) is 13.3. The molecule has 3 aromatic rings. The van der Waals surface area contributed by atoms with Crippen LogP contribution in [0, 0.1) is 20.8 Å². The molecule has 1 aliphatic rings. The molecule has 0 atom stereocenters. The zero-order chi connectivity index (χ0) is 23.5. The Bertz CT molecular complexity index is 1130. The fourth-order valence-electron chi connectivity index (χ4n) is 4.47. The molecule has 6 heteroatoms. The van der Waals surface area contributed by atoms with Crippen LogP contribution in [-0.2, 0) is 0 Å². The van der Waals surface area contributed by atoms with Gasteiger partial charge in [-0.1, -0.05) is 61.9 Å². The van der Waals surface area contributed by atoms with Gasteiger partial charge < -0.3 is 15.1 Å². The Morgan fingerprint density at radius 1 is 0.939 bits per heavy atom. The third kappa shape index (κ3) is 5.00. The van der Waals surface area contributed by atoms with Crippen molar-refractivity contribution in [2.75, 3.05) is 36.4 Å². The Balaban J connectivity index is 1.52. The van der Waals surface area contributed by atoms with Gasteiger partial charge in [0.2, 0.25) is 0 Å². The van der Waals surface area contributed by atoms with E-state index in [4.69, 9.17) is 9.97 Å². The van der Waals surface area contributed by atoms with Gasteiger partial charge >= 0.3 is 6.03 Å². The molecule has 1 saturated heterocycles. The van der Waals surface area contributed by atoms with E-state index >= 15 is 0 Å². The van der Waals surface area contributed by atoms with E-state index in [1.54, 1.807) is 0 Å². The number of piperazine rings is 1. The maximum atomic E-state index is 12.9. The lowest BCUT2D eigenvalue weighted by atomic mass is 10.0. The van der Waals surface area contributed by atoms with Gasteiger partial charge in [0.1, 0.15) is 5.82 Å². The van der Waals surface area contributed by atoms with E-state index < -0.39 is 0 Å². The van der Waals surface area contributed by atoms with Gasteiger partial charge in [0.15, 0.2) is 5.82 Å². The molecule has 0 radical (unpaired) electrons. The van der Waals surface area contributed by atoms with E-state index in [9.17, 15) is 4.79 Å². The summed E-state index contributed by atoms with van der Waals surface area (Å²) in [4.78, 5) is 26.9. The summed E-state index contributed by atoms with van der Waals surface area (Å²) >= 11 is 0. The van der Waals surface area contributed by atoms with Crippen molar-refractivity contribution in [2.45, 2.75) is 40.5 Å². The van der Waals surface area contributed by atoms with E-state index in [-0.39, 0.29) is 6.03 Å². The maximum absolute atomic E-state index is 12.9. The number of anilines is 2. The van der Waals surface area contributed by atoms with Crippen LogP contribution in [-0.4, -0.2) is 47.1 Å². The van der Waals surface area contributed by atoms with Gasteiger partial charge in [-0.05, 0) is 38.3 Å². The van der Waals surface area contributed by atoms with Gasteiger partial charge in [-0.25, -0.2) is 14.8 Å². The number of aryl methyl sites for hydroxylation is 3. The van der Waals surface area contributed by atoms with Crippen molar-refractivity contribution in [3.63, 3.8) is 0 Å². The van der Waals surface area contributed by atoms with Crippen LogP contribution in [0.15, 0.2) is 48.5 Å². The number of hydrogen-bond donors (Lipinski definition) is 1. The van der Waals surface area contributed by atoms with Gasteiger partial charge in [-0.15, -0.1) is 0 Å². The molecule has 33 heavy (non-hydrogen) atoms. The predicted molar refractivity (Wildman–Crippen MR) is 135 cm³/mol. The van der Waals surface area contributed by atoms with Crippen molar-refractivity contribution in [1.29, 1.82) is 0 Å². The lowest BCUT2D eigenvalue weighted by Gasteiger charge is -2.37. The lowest BCUT2D eigenvalue weighted by Crippen LogP contribution is -2.50. The number of aromatic nitrogens is 2. The summed E-state index contributed by atoms with van der Waals surface area (Å²) in [5.41, 5.74) is 6.35. The molecule has 2 heterocycles. The lowest BCUT2D eigenvalue weighted by molar-refractivity contribution is 0.208. The summed E-state index contributed by atoms with van der Waals surface area (Å²) in [7, 11) is 0. The second kappa shape index (κ2) is 9.61. The average molecular weight is 444 g/mol.